The SMILES string of the molecule is COc1ccc2c(c1)C(=O)CC1(CCN(c3ccc(-c4ccccc4)nn3)C1)O2. The molecule has 2 aliphatic heterocycles. The molecule has 2 aliphatic rings. The van der Waals surface area contributed by atoms with E-state index in [2.05, 4.69) is 15.1 Å². The number of carbonyl (C=O) groups excluding carboxylic acids is 1. The van der Waals surface area contributed by atoms with Crippen LogP contribution >= 0.6 is 0 Å². The predicted molar refractivity (Wildman–Crippen MR) is 110 cm³/mol. The van der Waals surface area contributed by atoms with Crippen LogP contribution in [0.1, 0.15) is 23.2 Å². The average Bonchev–Trinajstić information content (AvgIpc) is 3.17. The van der Waals surface area contributed by atoms with Crippen molar-refractivity contribution in [3.8, 4) is 22.8 Å². The molecule has 5 rings (SSSR count). The zero-order valence-corrected chi connectivity index (χ0v) is 16.2. The van der Waals surface area contributed by atoms with E-state index in [1.54, 1.807) is 13.2 Å². The van der Waals surface area contributed by atoms with E-state index in [0.717, 1.165) is 30.0 Å². The van der Waals surface area contributed by atoms with Crippen LogP contribution in [0.25, 0.3) is 11.3 Å². The van der Waals surface area contributed by atoms with Gasteiger partial charge in [-0.15, -0.1) is 10.2 Å². The van der Waals surface area contributed by atoms with E-state index in [1.807, 2.05) is 54.6 Å². The lowest BCUT2D eigenvalue weighted by molar-refractivity contribution is 0.0537. The molecular formula is C23H21N3O3. The van der Waals surface area contributed by atoms with Crippen LogP contribution in [0.15, 0.2) is 60.7 Å². The van der Waals surface area contributed by atoms with Gasteiger partial charge in [0.15, 0.2) is 11.6 Å². The van der Waals surface area contributed by atoms with Gasteiger partial charge in [0, 0.05) is 18.5 Å². The maximum Gasteiger partial charge on any atom is 0.170 e. The number of aromatic nitrogens is 2. The van der Waals surface area contributed by atoms with E-state index in [1.165, 1.54) is 0 Å². The molecule has 0 N–H and O–H groups in total. The van der Waals surface area contributed by atoms with E-state index < -0.39 is 5.60 Å². The van der Waals surface area contributed by atoms with Crippen LogP contribution < -0.4 is 14.4 Å². The zero-order valence-electron chi connectivity index (χ0n) is 16.2. The van der Waals surface area contributed by atoms with Crippen molar-refractivity contribution in [2.75, 3.05) is 25.1 Å². The van der Waals surface area contributed by atoms with Gasteiger partial charge in [0.1, 0.15) is 17.1 Å². The van der Waals surface area contributed by atoms with Crippen LogP contribution in [0.5, 0.6) is 11.5 Å². The van der Waals surface area contributed by atoms with Gasteiger partial charge in [-0.1, -0.05) is 30.3 Å². The second-order valence-electron chi connectivity index (χ2n) is 7.56. The molecule has 1 aromatic heterocycles. The first-order valence-electron chi connectivity index (χ1n) is 9.70. The minimum Gasteiger partial charge on any atom is -0.497 e. The van der Waals surface area contributed by atoms with E-state index in [-0.39, 0.29) is 5.78 Å². The summed E-state index contributed by atoms with van der Waals surface area (Å²) in [6, 6.07) is 19.4. The number of hydrogen-bond donors (Lipinski definition) is 0. The Morgan fingerprint density at radius 2 is 1.93 bits per heavy atom. The lowest BCUT2D eigenvalue weighted by Crippen LogP contribution is -2.44. The van der Waals surface area contributed by atoms with Gasteiger partial charge in [0.2, 0.25) is 0 Å². The standard InChI is InChI=1S/C23H21N3O3/c1-28-17-7-9-21-18(13-17)20(27)14-23(29-21)11-12-26(15-23)22-10-8-19(24-25-22)16-5-3-2-4-6-16/h2-10,13H,11-12,14-15H2,1H3. The van der Waals surface area contributed by atoms with Crippen LogP contribution in [-0.2, 0) is 0 Å². The second-order valence-corrected chi connectivity index (χ2v) is 7.56. The molecule has 146 valence electrons. The number of fused-ring (bicyclic) bond motifs is 1. The first kappa shape index (κ1) is 17.7. The van der Waals surface area contributed by atoms with Gasteiger partial charge in [0.25, 0.3) is 0 Å². The summed E-state index contributed by atoms with van der Waals surface area (Å²) in [5, 5.41) is 8.80. The summed E-state index contributed by atoms with van der Waals surface area (Å²) in [6.45, 7) is 1.39. The Kier molecular flexibility index (Phi) is 4.19. The van der Waals surface area contributed by atoms with Crippen molar-refractivity contribution in [2.45, 2.75) is 18.4 Å². The van der Waals surface area contributed by atoms with E-state index in [0.29, 0.717) is 30.0 Å². The molecule has 1 saturated heterocycles. The summed E-state index contributed by atoms with van der Waals surface area (Å²) in [6.07, 6.45) is 1.13. The Bertz CT molecular complexity index is 1050. The second kappa shape index (κ2) is 6.88. The lowest BCUT2D eigenvalue weighted by Gasteiger charge is -2.34. The Labute approximate surface area is 169 Å². The number of nitrogens with zero attached hydrogens (tertiary/aromatic N) is 3. The number of carbonyl (C=O) groups is 1. The molecule has 0 saturated carbocycles. The monoisotopic (exact) mass is 387 g/mol. The molecule has 1 fully saturated rings. The molecule has 1 unspecified atom stereocenters. The predicted octanol–water partition coefficient (Wildman–Crippen LogP) is 3.77. The number of hydrogen-bond acceptors (Lipinski definition) is 6. The number of benzene rings is 2. The summed E-state index contributed by atoms with van der Waals surface area (Å²) in [5.41, 5.74) is 1.96. The Morgan fingerprint density at radius 3 is 2.69 bits per heavy atom. The van der Waals surface area contributed by atoms with Gasteiger partial charge in [-0.2, -0.15) is 0 Å². The number of ketones is 1. The molecule has 0 bridgehead atoms. The fourth-order valence-electron chi connectivity index (χ4n) is 4.12. The molecule has 1 atom stereocenters. The fraction of sp³-hybridized carbons (Fsp3) is 0.261. The number of Topliss-reactive ketones (excluding diaryl/α,β-unsaturated/α-hetero) is 1. The van der Waals surface area contributed by atoms with Crippen LogP contribution in [0, 0.1) is 0 Å². The molecule has 0 aliphatic carbocycles. The molecule has 0 amide bonds. The fourth-order valence-corrected chi connectivity index (χ4v) is 4.12. The summed E-state index contributed by atoms with van der Waals surface area (Å²) in [5.74, 6) is 2.20. The van der Waals surface area contributed by atoms with Crippen molar-refractivity contribution in [1.82, 2.24) is 10.2 Å². The third kappa shape index (κ3) is 3.20. The van der Waals surface area contributed by atoms with Gasteiger partial charge in [0.05, 0.1) is 31.3 Å². The highest BCUT2D eigenvalue weighted by atomic mass is 16.5. The van der Waals surface area contributed by atoms with E-state index in [4.69, 9.17) is 9.47 Å². The molecule has 0 radical (unpaired) electrons. The van der Waals surface area contributed by atoms with Crippen LogP contribution in [-0.4, -0.2) is 41.8 Å². The normalized spacial score (nSPS) is 20.4. The Hall–Kier alpha value is -3.41. The van der Waals surface area contributed by atoms with Crippen LogP contribution in [0.4, 0.5) is 5.82 Å². The summed E-state index contributed by atoms with van der Waals surface area (Å²) >= 11 is 0. The van der Waals surface area contributed by atoms with Crippen molar-refractivity contribution in [3.63, 3.8) is 0 Å². The van der Waals surface area contributed by atoms with Crippen molar-refractivity contribution >= 4 is 11.6 Å². The van der Waals surface area contributed by atoms with Crippen molar-refractivity contribution in [2.24, 2.45) is 0 Å². The Balaban J connectivity index is 1.35. The first-order valence-corrected chi connectivity index (χ1v) is 9.70. The topological polar surface area (TPSA) is 64.5 Å². The molecule has 3 aromatic rings. The zero-order chi connectivity index (χ0) is 19.8. The maximum absolute atomic E-state index is 12.8. The molecule has 6 nitrogen and oxygen atoms in total. The van der Waals surface area contributed by atoms with E-state index in [9.17, 15) is 4.79 Å². The molecule has 29 heavy (non-hydrogen) atoms. The number of methoxy groups -OCH3 is 1. The number of anilines is 1. The third-order valence-electron chi connectivity index (χ3n) is 5.66. The smallest absolute Gasteiger partial charge is 0.170 e. The molecule has 2 aromatic carbocycles. The van der Waals surface area contributed by atoms with Crippen molar-refractivity contribution in [3.05, 3.63) is 66.2 Å². The summed E-state index contributed by atoms with van der Waals surface area (Å²) in [4.78, 5) is 14.9. The third-order valence-corrected chi connectivity index (χ3v) is 5.66. The molecular weight excluding hydrogens is 366 g/mol. The van der Waals surface area contributed by atoms with Crippen molar-refractivity contribution < 1.29 is 14.3 Å². The van der Waals surface area contributed by atoms with Crippen molar-refractivity contribution in [1.29, 1.82) is 0 Å². The minimum atomic E-state index is -0.515. The van der Waals surface area contributed by atoms with Gasteiger partial charge in [-0.25, -0.2) is 0 Å². The summed E-state index contributed by atoms with van der Waals surface area (Å²) in [7, 11) is 1.59. The Morgan fingerprint density at radius 1 is 1.07 bits per heavy atom. The molecule has 1 spiro atoms. The number of ether oxygens (including phenoxy) is 2. The quantitative estimate of drug-likeness (QED) is 0.682. The van der Waals surface area contributed by atoms with Gasteiger partial charge in [-0.05, 0) is 30.3 Å². The molecule has 6 heteroatoms. The highest BCUT2D eigenvalue weighted by Gasteiger charge is 2.46. The van der Waals surface area contributed by atoms with Gasteiger partial charge < -0.3 is 14.4 Å². The largest absolute Gasteiger partial charge is 0.497 e. The van der Waals surface area contributed by atoms with Crippen LogP contribution in [0.2, 0.25) is 0 Å². The number of rotatable bonds is 3. The lowest BCUT2D eigenvalue weighted by atomic mass is 9.89. The van der Waals surface area contributed by atoms with Gasteiger partial charge in [-0.3, -0.25) is 4.79 Å². The maximum atomic E-state index is 12.8. The first-order chi connectivity index (χ1) is 14.2. The highest BCUT2D eigenvalue weighted by Crippen LogP contribution is 2.40. The van der Waals surface area contributed by atoms with Crippen LogP contribution in [0.3, 0.4) is 0 Å². The average molecular weight is 387 g/mol. The summed E-state index contributed by atoms with van der Waals surface area (Å²) < 4.78 is 11.6. The van der Waals surface area contributed by atoms with E-state index >= 15 is 0 Å². The minimum absolute atomic E-state index is 0.0949. The molecule has 3 heterocycles. The van der Waals surface area contributed by atoms with Gasteiger partial charge >= 0.3 is 0 Å². The highest BCUT2D eigenvalue weighted by molar-refractivity contribution is 6.00.